The molecule has 0 heterocycles. The molecular weight excluding hydrogens is 216 g/mol. The molecule has 2 unspecified atom stereocenters. The predicted molar refractivity (Wildman–Crippen MR) is 39.9 cm³/mol. The second-order valence-corrected chi connectivity index (χ2v) is 2.61. The maximum Gasteiger partial charge on any atom is 0.342 e. The Bertz CT molecular complexity index is 275. The van der Waals surface area contributed by atoms with E-state index in [4.69, 9.17) is 30.6 Å². The van der Waals surface area contributed by atoms with Gasteiger partial charge in [-0.15, -0.1) is 0 Å². The fourth-order valence-corrected chi connectivity index (χ4v) is 0.760. The normalized spacial score (nSPS) is 18.6. The highest BCUT2D eigenvalue weighted by molar-refractivity contribution is 5.93. The van der Waals surface area contributed by atoms with Crippen LogP contribution in [0.15, 0.2) is 0 Å². The standard InChI is InChI=1S/C6H8O9/c7-1(3(9)10)6(15,5(13)14)2(8)4(11)12/h1-2,7-8,15H,(H,9,10)(H,11,12)(H,13,14). The Morgan fingerprint density at radius 1 is 0.867 bits per heavy atom. The topological polar surface area (TPSA) is 173 Å². The van der Waals surface area contributed by atoms with E-state index in [0.717, 1.165) is 0 Å². The molecule has 0 aliphatic heterocycles. The summed E-state index contributed by atoms with van der Waals surface area (Å²) >= 11 is 0. The second kappa shape index (κ2) is 4.21. The van der Waals surface area contributed by atoms with Gasteiger partial charge in [0, 0.05) is 0 Å². The van der Waals surface area contributed by atoms with Gasteiger partial charge in [-0.1, -0.05) is 0 Å². The van der Waals surface area contributed by atoms with Crippen molar-refractivity contribution in [3.05, 3.63) is 0 Å². The number of hydrogen-bond acceptors (Lipinski definition) is 6. The van der Waals surface area contributed by atoms with Crippen LogP contribution in [0, 0.1) is 0 Å². The van der Waals surface area contributed by atoms with E-state index < -0.39 is 35.7 Å². The summed E-state index contributed by atoms with van der Waals surface area (Å²) in [6, 6.07) is 0. The van der Waals surface area contributed by atoms with E-state index in [-0.39, 0.29) is 0 Å². The Balaban J connectivity index is 5.33. The number of carboxylic acid groups (broad SMARTS) is 3. The Labute approximate surface area is 81.8 Å². The molecule has 0 saturated heterocycles. The quantitative estimate of drug-likeness (QED) is 0.279. The first-order valence-corrected chi connectivity index (χ1v) is 3.43. The maximum atomic E-state index is 10.4. The van der Waals surface area contributed by atoms with Crippen molar-refractivity contribution < 1.29 is 45.0 Å². The molecular formula is C6H8O9. The highest BCUT2D eigenvalue weighted by Crippen LogP contribution is 2.17. The molecule has 0 spiro atoms. The summed E-state index contributed by atoms with van der Waals surface area (Å²) in [5.74, 6) is -6.73. The van der Waals surface area contributed by atoms with Gasteiger partial charge >= 0.3 is 17.9 Å². The summed E-state index contributed by atoms with van der Waals surface area (Å²) in [6.45, 7) is 0. The van der Waals surface area contributed by atoms with Crippen LogP contribution in [0.2, 0.25) is 0 Å². The van der Waals surface area contributed by atoms with Gasteiger partial charge in [0.25, 0.3) is 0 Å². The molecule has 0 rings (SSSR count). The van der Waals surface area contributed by atoms with Gasteiger partial charge in [0.1, 0.15) is 0 Å². The minimum Gasteiger partial charge on any atom is -0.479 e. The van der Waals surface area contributed by atoms with Crippen molar-refractivity contribution in [3.8, 4) is 0 Å². The van der Waals surface area contributed by atoms with Gasteiger partial charge in [0.2, 0.25) is 5.60 Å². The summed E-state index contributed by atoms with van der Waals surface area (Å²) in [5.41, 5.74) is -3.71. The van der Waals surface area contributed by atoms with E-state index in [1.165, 1.54) is 0 Å². The third-order valence-corrected chi connectivity index (χ3v) is 1.64. The van der Waals surface area contributed by atoms with Crippen LogP contribution in [0.4, 0.5) is 0 Å². The lowest BCUT2D eigenvalue weighted by molar-refractivity contribution is -0.206. The van der Waals surface area contributed by atoms with Gasteiger partial charge in [-0.3, -0.25) is 0 Å². The molecule has 0 aromatic carbocycles. The van der Waals surface area contributed by atoms with Crippen LogP contribution in [0.25, 0.3) is 0 Å². The van der Waals surface area contributed by atoms with Crippen molar-refractivity contribution in [1.29, 1.82) is 0 Å². The third kappa shape index (κ3) is 2.21. The van der Waals surface area contributed by atoms with Crippen molar-refractivity contribution >= 4 is 17.9 Å². The SMILES string of the molecule is O=C(O)C(O)C(O)(C(=O)O)C(O)C(=O)O. The molecule has 0 amide bonds. The van der Waals surface area contributed by atoms with Gasteiger partial charge in [-0.2, -0.15) is 0 Å². The zero-order valence-corrected chi connectivity index (χ0v) is 7.06. The number of rotatable bonds is 5. The van der Waals surface area contributed by atoms with E-state index in [9.17, 15) is 14.4 Å². The van der Waals surface area contributed by atoms with E-state index >= 15 is 0 Å². The molecule has 0 aliphatic rings. The number of aliphatic carboxylic acids is 3. The smallest absolute Gasteiger partial charge is 0.342 e. The molecule has 0 saturated carbocycles. The van der Waals surface area contributed by atoms with Crippen molar-refractivity contribution in [2.24, 2.45) is 0 Å². The number of aliphatic hydroxyl groups is 3. The van der Waals surface area contributed by atoms with Crippen LogP contribution < -0.4 is 0 Å². The van der Waals surface area contributed by atoms with Crippen LogP contribution in [0.1, 0.15) is 0 Å². The first-order chi connectivity index (χ1) is 6.65. The van der Waals surface area contributed by atoms with Gasteiger partial charge in [0.15, 0.2) is 12.2 Å². The van der Waals surface area contributed by atoms with Crippen molar-refractivity contribution in [1.82, 2.24) is 0 Å². The Hall–Kier alpha value is -1.71. The molecule has 0 aromatic heterocycles. The van der Waals surface area contributed by atoms with Gasteiger partial charge in [-0.25, -0.2) is 14.4 Å². The molecule has 15 heavy (non-hydrogen) atoms. The molecule has 0 aliphatic carbocycles. The average Bonchev–Trinajstić information content (AvgIpc) is 2.13. The van der Waals surface area contributed by atoms with E-state index in [1.807, 2.05) is 0 Å². The lowest BCUT2D eigenvalue weighted by Crippen LogP contribution is -2.63. The average molecular weight is 224 g/mol. The van der Waals surface area contributed by atoms with E-state index in [0.29, 0.717) is 0 Å². The minimum absolute atomic E-state index is 2.18. The Morgan fingerprint density at radius 2 is 1.13 bits per heavy atom. The number of hydrogen-bond donors (Lipinski definition) is 6. The summed E-state index contributed by atoms with van der Waals surface area (Å²) < 4.78 is 0. The first-order valence-electron chi connectivity index (χ1n) is 3.43. The van der Waals surface area contributed by atoms with Gasteiger partial charge in [0.05, 0.1) is 0 Å². The summed E-state index contributed by atoms with van der Waals surface area (Å²) in [7, 11) is 0. The lowest BCUT2D eigenvalue weighted by Gasteiger charge is -2.28. The minimum atomic E-state index is -3.71. The number of carboxylic acids is 3. The van der Waals surface area contributed by atoms with Crippen LogP contribution in [0.3, 0.4) is 0 Å². The first kappa shape index (κ1) is 13.3. The maximum absolute atomic E-state index is 10.4. The van der Waals surface area contributed by atoms with Crippen LogP contribution >= 0.6 is 0 Å². The molecule has 0 aromatic rings. The fraction of sp³-hybridized carbons (Fsp3) is 0.500. The molecule has 9 nitrogen and oxygen atoms in total. The lowest BCUT2D eigenvalue weighted by atomic mass is 9.90. The zero-order valence-electron chi connectivity index (χ0n) is 7.06. The third-order valence-electron chi connectivity index (χ3n) is 1.64. The number of carbonyl (C=O) groups is 3. The Kier molecular flexibility index (Phi) is 3.73. The van der Waals surface area contributed by atoms with E-state index in [1.54, 1.807) is 0 Å². The van der Waals surface area contributed by atoms with Gasteiger partial charge in [-0.05, 0) is 0 Å². The molecule has 6 N–H and O–H groups in total. The molecule has 0 radical (unpaired) electrons. The second-order valence-electron chi connectivity index (χ2n) is 2.61. The summed E-state index contributed by atoms with van der Waals surface area (Å²) in [6.07, 6.45) is -5.94. The van der Waals surface area contributed by atoms with Crippen molar-refractivity contribution in [2.45, 2.75) is 17.8 Å². The highest BCUT2D eigenvalue weighted by Gasteiger charge is 2.56. The summed E-state index contributed by atoms with van der Waals surface area (Å²) in [5, 5.41) is 51.5. The van der Waals surface area contributed by atoms with Crippen LogP contribution in [0.5, 0.6) is 0 Å². The van der Waals surface area contributed by atoms with Crippen molar-refractivity contribution in [2.75, 3.05) is 0 Å². The molecule has 86 valence electrons. The molecule has 9 heteroatoms. The van der Waals surface area contributed by atoms with Gasteiger partial charge < -0.3 is 30.6 Å². The van der Waals surface area contributed by atoms with Crippen LogP contribution in [-0.2, 0) is 14.4 Å². The number of aliphatic hydroxyl groups excluding tert-OH is 2. The fourth-order valence-electron chi connectivity index (χ4n) is 0.760. The molecule has 0 fully saturated rings. The van der Waals surface area contributed by atoms with E-state index in [2.05, 4.69) is 0 Å². The molecule has 2 atom stereocenters. The van der Waals surface area contributed by atoms with Crippen molar-refractivity contribution in [3.63, 3.8) is 0 Å². The monoisotopic (exact) mass is 224 g/mol. The molecule has 0 bridgehead atoms. The largest absolute Gasteiger partial charge is 0.479 e. The van der Waals surface area contributed by atoms with Crippen LogP contribution in [-0.4, -0.2) is 66.4 Å². The zero-order chi connectivity index (χ0) is 12.4. The predicted octanol–water partition coefficient (Wildman–Crippen LogP) is -3.31. The summed E-state index contributed by atoms with van der Waals surface area (Å²) in [4.78, 5) is 30.8. The Morgan fingerprint density at radius 3 is 1.27 bits per heavy atom. The highest BCUT2D eigenvalue weighted by atomic mass is 16.5.